The number of benzene rings is 1. The standard InChI is InChI=1S/C25H38N4O2.C2HF3O2/c1-3-4-11-26-24(31)29-12-9-25(10-13-29)19-20(21-7-5-6-8-22(21)25)18-23(30)28-16-14-27(2)15-17-28;3-2(4,5)1(6)7/h5-8,20H,3-4,9-19H2,1-2H3,(H,26,31);(H,6,7). The number of carbonyl (C=O) groups excluding carboxylic acids is 2. The number of amides is 3. The van der Waals surface area contributed by atoms with E-state index in [1.165, 1.54) is 11.1 Å². The van der Waals surface area contributed by atoms with Crippen LogP contribution in [0.15, 0.2) is 24.3 Å². The number of likely N-dealkylation sites (tertiary alicyclic amines) is 1. The molecule has 2 aliphatic heterocycles. The van der Waals surface area contributed by atoms with Gasteiger partial charge in [0.1, 0.15) is 0 Å². The van der Waals surface area contributed by atoms with Gasteiger partial charge < -0.3 is 25.1 Å². The maximum Gasteiger partial charge on any atom is 0.490 e. The molecule has 3 amide bonds. The van der Waals surface area contributed by atoms with E-state index in [1.54, 1.807) is 0 Å². The molecule has 1 aromatic carbocycles. The van der Waals surface area contributed by atoms with E-state index in [9.17, 15) is 22.8 Å². The Bertz CT molecular complexity index is 971. The second-order valence-corrected chi connectivity index (χ2v) is 10.5. The Balaban J connectivity index is 0.000000505. The van der Waals surface area contributed by atoms with Crippen molar-refractivity contribution in [3.8, 4) is 0 Å². The van der Waals surface area contributed by atoms with Crippen LogP contribution in [0.3, 0.4) is 0 Å². The van der Waals surface area contributed by atoms with Crippen molar-refractivity contribution in [3.63, 3.8) is 0 Å². The minimum atomic E-state index is -5.08. The molecule has 212 valence electrons. The van der Waals surface area contributed by atoms with E-state index in [2.05, 4.69) is 53.4 Å². The van der Waals surface area contributed by atoms with Crippen molar-refractivity contribution in [1.82, 2.24) is 20.0 Å². The van der Waals surface area contributed by atoms with Gasteiger partial charge in [0, 0.05) is 52.2 Å². The molecule has 2 heterocycles. The Morgan fingerprint density at radius 3 is 2.21 bits per heavy atom. The van der Waals surface area contributed by atoms with Crippen molar-refractivity contribution in [2.45, 2.75) is 63.0 Å². The zero-order valence-electron chi connectivity index (χ0n) is 22.2. The van der Waals surface area contributed by atoms with Crippen LogP contribution >= 0.6 is 0 Å². The van der Waals surface area contributed by atoms with E-state index < -0.39 is 12.1 Å². The Hall–Kier alpha value is -2.82. The third-order valence-corrected chi connectivity index (χ3v) is 7.94. The normalized spacial score (nSPS) is 20.9. The van der Waals surface area contributed by atoms with Crippen LogP contribution in [-0.2, 0) is 15.0 Å². The molecule has 0 radical (unpaired) electrons. The molecule has 3 aliphatic rings. The van der Waals surface area contributed by atoms with Gasteiger partial charge in [-0.25, -0.2) is 9.59 Å². The van der Waals surface area contributed by atoms with Crippen molar-refractivity contribution in [2.75, 3.05) is 52.9 Å². The first-order valence-corrected chi connectivity index (χ1v) is 13.4. The average molecular weight is 541 g/mol. The summed E-state index contributed by atoms with van der Waals surface area (Å²) in [6, 6.07) is 8.83. The molecular weight excluding hydrogens is 501 g/mol. The molecule has 2 N–H and O–H groups in total. The lowest BCUT2D eigenvalue weighted by Crippen LogP contribution is -2.48. The first-order chi connectivity index (χ1) is 18.0. The molecule has 1 aromatic rings. The lowest BCUT2D eigenvalue weighted by Gasteiger charge is -2.40. The number of piperidine rings is 1. The zero-order chi connectivity index (χ0) is 27.9. The molecule has 8 nitrogen and oxygen atoms in total. The number of alkyl halides is 3. The highest BCUT2D eigenvalue weighted by Gasteiger charge is 2.46. The first-order valence-electron chi connectivity index (χ1n) is 13.4. The number of fused-ring (bicyclic) bond motifs is 2. The van der Waals surface area contributed by atoms with Crippen LogP contribution in [0.5, 0.6) is 0 Å². The number of carboxylic acids is 1. The number of nitrogens with one attached hydrogen (secondary N) is 1. The van der Waals surface area contributed by atoms with E-state index >= 15 is 0 Å². The number of unbranched alkanes of at least 4 members (excludes halogenated alkanes) is 1. The lowest BCUT2D eigenvalue weighted by atomic mass is 9.73. The number of nitrogens with zero attached hydrogens (tertiary/aromatic N) is 3. The summed E-state index contributed by atoms with van der Waals surface area (Å²) >= 11 is 0. The first kappa shape index (κ1) is 29.7. The Morgan fingerprint density at radius 1 is 1.03 bits per heavy atom. The largest absolute Gasteiger partial charge is 0.490 e. The molecule has 1 unspecified atom stereocenters. The molecule has 1 atom stereocenters. The number of carbonyl (C=O) groups is 3. The number of carboxylic acid groups (broad SMARTS) is 1. The maximum absolute atomic E-state index is 13.1. The van der Waals surface area contributed by atoms with Crippen LogP contribution in [0.1, 0.15) is 62.5 Å². The molecular formula is C27H39F3N4O4. The minimum absolute atomic E-state index is 0.0800. The molecule has 11 heteroatoms. The summed E-state index contributed by atoms with van der Waals surface area (Å²) in [6.45, 7) is 8.11. The van der Waals surface area contributed by atoms with Crippen LogP contribution in [0, 0.1) is 0 Å². The van der Waals surface area contributed by atoms with Crippen molar-refractivity contribution in [2.24, 2.45) is 0 Å². The maximum atomic E-state index is 13.1. The molecule has 1 spiro atoms. The van der Waals surface area contributed by atoms with Gasteiger partial charge in [-0.3, -0.25) is 4.79 Å². The van der Waals surface area contributed by atoms with Gasteiger partial charge in [0.2, 0.25) is 5.91 Å². The molecule has 0 aromatic heterocycles. The minimum Gasteiger partial charge on any atom is -0.475 e. The van der Waals surface area contributed by atoms with E-state index in [4.69, 9.17) is 9.90 Å². The number of hydrogen-bond acceptors (Lipinski definition) is 4. The van der Waals surface area contributed by atoms with Gasteiger partial charge in [-0.15, -0.1) is 0 Å². The van der Waals surface area contributed by atoms with Crippen molar-refractivity contribution >= 4 is 17.9 Å². The van der Waals surface area contributed by atoms with Crippen molar-refractivity contribution < 1.29 is 32.7 Å². The van der Waals surface area contributed by atoms with Crippen LogP contribution in [-0.4, -0.2) is 96.8 Å². The summed E-state index contributed by atoms with van der Waals surface area (Å²) in [5.74, 6) is -2.15. The molecule has 1 aliphatic carbocycles. The lowest BCUT2D eigenvalue weighted by molar-refractivity contribution is -0.192. The quantitative estimate of drug-likeness (QED) is 0.554. The monoisotopic (exact) mass is 540 g/mol. The molecule has 4 rings (SSSR count). The summed E-state index contributed by atoms with van der Waals surface area (Å²) in [4.78, 5) is 40.8. The van der Waals surface area contributed by atoms with Crippen LogP contribution in [0.2, 0.25) is 0 Å². The number of hydrogen-bond donors (Lipinski definition) is 2. The van der Waals surface area contributed by atoms with Crippen LogP contribution in [0.25, 0.3) is 0 Å². The summed E-state index contributed by atoms with van der Waals surface area (Å²) in [6.07, 6.45) is 0.671. The van der Waals surface area contributed by atoms with Gasteiger partial charge in [-0.2, -0.15) is 13.2 Å². The fourth-order valence-corrected chi connectivity index (χ4v) is 5.70. The second kappa shape index (κ2) is 12.8. The third kappa shape index (κ3) is 7.39. The SMILES string of the molecule is CCCCNC(=O)N1CCC2(CC1)CC(CC(=O)N1CCN(C)CC1)c1ccccc12.O=C(O)C(F)(F)F. The number of rotatable bonds is 5. The smallest absolute Gasteiger partial charge is 0.475 e. The molecule has 38 heavy (non-hydrogen) atoms. The average Bonchev–Trinajstić information content (AvgIpc) is 3.17. The molecule has 2 saturated heterocycles. The Labute approximate surface area is 222 Å². The number of likely N-dealkylation sites (N-methyl/N-ethyl adjacent to an activating group) is 1. The van der Waals surface area contributed by atoms with Gasteiger partial charge in [0.15, 0.2) is 0 Å². The second-order valence-electron chi connectivity index (χ2n) is 10.5. The topological polar surface area (TPSA) is 93.2 Å². The predicted molar refractivity (Wildman–Crippen MR) is 137 cm³/mol. The van der Waals surface area contributed by atoms with Gasteiger partial charge in [0.05, 0.1) is 0 Å². The van der Waals surface area contributed by atoms with E-state index in [-0.39, 0.29) is 11.4 Å². The fraction of sp³-hybridized carbons (Fsp3) is 0.667. The van der Waals surface area contributed by atoms with E-state index in [0.29, 0.717) is 18.2 Å². The summed E-state index contributed by atoms with van der Waals surface area (Å²) in [7, 11) is 2.12. The summed E-state index contributed by atoms with van der Waals surface area (Å²) in [5, 5.41) is 10.2. The Morgan fingerprint density at radius 2 is 1.63 bits per heavy atom. The third-order valence-electron chi connectivity index (χ3n) is 7.94. The van der Waals surface area contributed by atoms with Crippen LogP contribution in [0.4, 0.5) is 18.0 Å². The van der Waals surface area contributed by atoms with Gasteiger partial charge in [-0.05, 0) is 55.2 Å². The number of halogens is 3. The fourth-order valence-electron chi connectivity index (χ4n) is 5.70. The van der Waals surface area contributed by atoms with Gasteiger partial charge >= 0.3 is 18.2 Å². The Kier molecular flexibility index (Phi) is 10.0. The molecule has 0 bridgehead atoms. The predicted octanol–water partition coefficient (Wildman–Crippen LogP) is 3.81. The van der Waals surface area contributed by atoms with E-state index in [0.717, 1.165) is 77.9 Å². The summed E-state index contributed by atoms with van der Waals surface area (Å²) < 4.78 is 31.7. The number of aliphatic carboxylic acids is 1. The highest BCUT2D eigenvalue weighted by molar-refractivity contribution is 5.78. The zero-order valence-corrected chi connectivity index (χ0v) is 22.2. The molecule has 0 saturated carbocycles. The van der Waals surface area contributed by atoms with Crippen molar-refractivity contribution in [3.05, 3.63) is 35.4 Å². The number of urea groups is 1. The van der Waals surface area contributed by atoms with Crippen LogP contribution < -0.4 is 5.32 Å². The van der Waals surface area contributed by atoms with Crippen molar-refractivity contribution in [1.29, 1.82) is 0 Å². The van der Waals surface area contributed by atoms with E-state index in [1.807, 2.05) is 4.90 Å². The number of piperazine rings is 1. The van der Waals surface area contributed by atoms with Gasteiger partial charge in [0.25, 0.3) is 0 Å². The summed E-state index contributed by atoms with van der Waals surface area (Å²) in [5.41, 5.74) is 2.91. The highest BCUT2D eigenvalue weighted by atomic mass is 19.4. The molecule has 2 fully saturated rings. The highest BCUT2D eigenvalue weighted by Crippen LogP contribution is 2.52. The van der Waals surface area contributed by atoms with Gasteiger partial charge in [-0.1, -0.05) is 37.6 Å².